The molecule has 5 nitrogen and oxygen atoms in total. The SMILES string of the molecule is c1cc(-c2nc(-c3ccc4c(c3)sc3ccccc34)nc(-c3ccc4c(c3)sc3ccccc34)n2)c2c(c1)oc1ccc(-c3cc(-n4c5ccccc5c5ccccc54)cc4sc5ccccc5c34)cc12. The topological polar surface area (TPSA) is 56.7 Å². The van der Waals surface area contributed by atoms with Gasteiger partial charge in [0.2, 0.25) is 0 Å². The van der Waals surface area contributed by atoms with Crippen molar-refractivity contribution in [2.45, 2.75) is 0 Å². The molecular weight excluding hydrogens is 925 g/mol. The molecule has 0 saturated heterocycles. The van der Waals surface area contributed by atoms with Gasteiger partial charge in [0.05, 0.1) is 11.0 Å². The van der Waals surface area contributed by atoms with Crippen molar-refractivity contribution in [2.75, 3.05) is 0 Å². The molecule has 0 N–H and O–H groups in total. The molecule has 0 aliphatic heterocycles. The van der Waals surface area contributed by atoms with E-state index in [4.69, 9.17) is 19.4 Å². The van der Waals surface area contributed by atoms with Crippen molar-refractivity contribution in [3.8, 4) is 51.0 Å². The van der Waals surface area contributed by atoms with Crippen LogP contribution in [-0.2, 0) is 0 Å². The summed E-state index contributed by atoms with van der Waals surface area (Å²) in [7, 11) is 0. The highest BCUT2D eigenvalue weighted by atomic mass is 32.1. The summed E-state index contributed by atoms with van der Waals surface area (Å²) in [4.78, 5) is 16.0. The third-order valence-electron chi connectivity index (χ3n) is 14.3. The Morgan fingerprint density at radius 2 is 0.831 bits per heavy atom. The lowest BCUT2D eigenvalue weighted by Gasteiger charge is -2.13. The standard InChI is InChI=1S/C63H34N4OS3/c1-6-18-49-39(12-1)40-13-2-7-19-50(40)67(49)38-33-47(60-45-16-5-10-23-55(45)71-58(60)34-38)35-26-29-51-48(30-35)59-46(17-11-20-52(59)68-51)63-65-61(36-24-27-43-41-14-3-8-21-53(41)69-56(43)31-36)64-62(66-63)37-25-28-44-42-15-4-9-22-54(42)70-57(44)32-37/h1-34H. The molecule has 71 heavy (non-hydrogen) atoms. The summed E-state index contributed by atoms with van der Waals surface area (Å²) in [6.45, 7) is 0. The van der Waals surface area contributed by atoms with Gasteiger partial charge in [-0.25, -0.2) is 15.0 Å². The van der Waals surface area contributed by atoms with Gasteiger partial charge in [-0.15, -0.1) is 34.0 Å². The maximum atomic E-state index is 6.74. The van der Waals surface area contributed by atoms with Gasteiger partial charge >= 0.3 is 0 Å². The van der Waals surface area contributed by atoms with Crippen LogP contribution in [0.15, 0.2) is 211 Å². The zero-order valence-corrected chi connectivity index (χ0v) is 40.0. The summed E-state index contributed by atoms with van der Waals surface area (Å²) in [5.41, 5.74) is 10.1. The lowest BCUT2D eigenvalue weighted by Crippen LogP contribution is -2.00. The number of hydrogen-bond donors (Lipinski definition) is 0. The molecule has 10 aromatic carbocycles. The van der Waals surface area contributed by atoms with Crippen LogP contribution in [0.4, 0.5) is 0 Å². The van der Waals surface area contributed by atoms with Crippen LogP contribution in [0.1, 0.15) is 0 Å². The minimum Gasteiger partial charge on any atom is -0.456 e. The molecule has 16 aromatic rings. The number of aromatic nitrogens is 4. The maximum Gasteiger partial charge on any atom is 0.164 e. The van der Waals surface area contributed by atoms with Gasteiger partial charge in [0, 0.05) is 104 Å². The van der Waals surface area contributed by atoms with Gasteiger partial charge in [0.25, 0.3) is 0 Å². The zero-order chi connectivity index (χ0) is 46.3. The number of benzene rings is 10. The van der Waals surface area contributed by atoms with Gasteiger partial charge < -0.3 is 8.98 Å². The summed E-state index contributed by atoms with van der Waals surface area (Å²) in [6.07, 6.45) is 0. The van der Waals surface area contributed by atoms with Crippen LogP contribution in [0.25, 0.3) is 155 Å². The number of hydrogen-bond acceptors (Lipinski definition) is 7. The molecule has 8 heteroatoms. The molecule has 0 saturated carbocycles. The van der Waals surface area contributed by atoms with Gasteiger partial charge in [-0.05, 0) is 83.9 Å². The number of nitrogens with zero attached hydrogens (tertiary/aromatic N) is 4. The van der Waals surface area contributed by atoms with Gasteiger partial charge in [0.1, 0.15) is 11.2 Å². The van der Waals surface area contributed by atoms with E-state index in [0.717, 1.165) is 49.9 Å². The van der Waals surface area contributed by atoms with Crippen LogP contribution in [0.2, 0.25) is 0 Å². The lowest BCUT2D eigenvalue weighted by molar-refractivity contribution is 0.669. The average Bonchev–Trinajstić information content (AvgIpc) is 4.25. The van der Waals surface area contributed by atoms with E-state index in [1.807, 2.05) is 17.4 Å². The van der Waals surface area contributed by atoms with E-state index in [1.54, 1.807) is 22.7 Å². The highest BCUT2D eigenvalue weighted by molar-refractivity contribution is 7.26. The molecule has 16 rings (SSSR count). The van der Waals surface area contributed by atoms with Gasteiger partial charge in [-0.2, -0.15) is 0 Å². The number of fused-ring (bicyclic) bond motifs is 15. The van der Waals surface area contributed by atoms with Gasteiger partial charge in [0.15, 0.2) is 17.5 Å². The number of para-hydroxylation sites is 2. The molecule has 6 aromatic heterocycles. The quantitative estimate of drug-likeness (QED) is 0.172. The first kappa shape index (κ1) is 39.3. The van der Waals surface area contributed by atoms with Crippen LogP contribution in [0.5, 0.6) is 0 Å². The highest BCUT2D eigenvalue weighted by Crippen LogP contribution is 2.46. The second-order valence-electron chi connectivity index (χ2n) is 18.3. The van der Waals surface area contributed by atoms with Crippen LogP contribution in [0.3, 0.4) is 0 Å². The van der Waals surface area contributed by atoms with Crippen LogP contribution < -0.4 is 0 Å². The summed E-state index contributed by atoms with van der Waals surface area (Å²) in [6, 6.07) is 74.3. The first-order valence-electron chi connectivity index (χ1n) is 23.6. The Balaban J connectivity index is 0.923. The van der Waals surface area contributed by atoms with Gasteiger partial charge in [-0.3, -0.25) is 0 Å². The summed E-state index contributed by atoms with van der Waals surface area (Å²) in [5, 5.41) is 11.9. The fraction of sp³-hybridized carbons (Fsp3) is 0. The minimum atomic E-state index is 0.594. The number of rotatable bonds is 5. The molecule has 0 aliphatic rings. The first-order chi connectivity index (χ1) is 35.1. The number of thiophene rings is 3. The van der Waals surface area contributed by atoms with E-state index in [9.17, 15) is 0 Å². The Bertz CT molecular complexity index is 4730. The average molecular weight is 959 g/mol. The molecule has 0 aliphatic carbocycles. The molecular formula is C63H34N4OS3. The predicted molar refractivity (Wildman–Crippen MR) is 302 cm³/mol. The van der Waals surface area contributed by atoms with Crippen molar-refractivity contribution >= 4 is 138 Å². The summed E-state index contributed by atoms with van der Waals surface area (Å²) in [5.74, 6) is 1.84. The second-order valence-corrected chi connectivity index (χ2v) is 21.5. The Kier molecular flexibility index (Phi) is 8.30. The second kappa shape index (κ2) is 15.0. The van der Waals surface area contributed by atoms with Crippen molar-refractivity contribution in [3.63, 3.8) is 0 Å². The largest absolute Gasteiger partial charge is 0.456 e. The molecule has 0 fully saturated rings. The van der Waals surface area contributed by atoms with Crippen molar-refractivity contribution in [2.24, 2.45) is 0 Å². The van der Waals surface area contributed by atoms with E-state index >= 15 is 0 Å². The number of furan rings is 1. The third-order valence-corrected chi connectivity index (χ3v) is 17.6. The Labute approximate surface area is 416 Å². The first-order valence-corrected chi connectivity index (χ1v) is 26.1. The predicted octanol–water partition coefficient (Wildman–Crippen LogP) is 18.6. The van der Waals surface area contributed by atoms with E-state index in [0.29, 0.717) is 17.5 Å². The van der Waals surface area contributed by atoms with Crippen LogP contribution in [0, 0.1) is 0 Å². The Morgan fingerprint density at radius 1 is 0.310 bits per heavy atom. The minimum absolute atomic E-state index is 0.594. The fourth-order valence-corrected chi connectivity index (χ4v) is 14.5. The molecule has 0 radical (unpaired) electrons. The summed E-state index contributed by atoms with van der Waals surface area (Å²) < 4.78 is 16.6. The summed E-state index contributed by atoms with van der Waals surface area (Å²) >= 11 is 5.45. The molecule has 6 heterocycles. The Morgan fingerprint density at radius 3 is 1.48 bits per heavy atom. The molecule has 330 valence electrons. The smallest absolute Gasteiger partial charge is 0.164 e. The van der Waals surface area contributed by atoms with Crippen molar-refractivity contribution in [1.82, 2.24) is 19.5 Å². The molecule has 0 spiro atoms. The van der Waals surface area contributed by atoms with Crippen LogP contribution >= 0.6 is 34.0 Å². The zero-order valence-electron chi connectivity index (χ0n) is 37.6. The van der Waals surface area contributed by atoms with E-state index in [2.05, 4.69) is 205 Å². The molecule has 0 amide bonds. The molecule has 0 unspecified atom stereocenters. The van der Waals surface area contributed by atoms with E-state index in [1.165, 1.54) is 87.9 Å². The van der Waals surface area contributed by atoms with Gasteiger partial charge in [-0.1, -0.05) is 133 Å². The molecule has 0 bridgehead atoms. The fourth-order valence-electron chi connectivity index (χ4n) is 11.1. The van der Waals surface area contributed by atoms with Crippen molar-refractivity contribution in [3.05, 3.63) is 206 Å². The van der Waals surface area contributed by atoms with Crippen molar-refractivity contribution in [1.29, 1.82) is 0 Å². The monoisotopic (exact) mass is 958 g/mol. The van der Waals surface area contributed by atoms with Crippen LogP contribution in [-0.4, -0.2) is 19.5 Å². The normalized spacial score (nSPS) is 12.2. The highest BCUT2D eigenvalue weighted by Gasteiger charge is 2.22. The maximum absolute atomic E-state index is 6.74. The Hall–Kier alpha value is -8.53. The lowest BCUT2D eigenvalue weighted by atomic mass is 9.96. The van der Waals surface area contributed by atoms with E-state index < -0.39 is 0 Å². The van der Waals surface area contributed by atoms with E-state index in [-0.39, 0.29) is 0 Å². The molecule has 0 atom stereocenters. The van der Waals surface area contributed by atoms with Crippen molar-refractivity contribution < 1.29 is 4.42 Å². The third kappa shape index (κ3) is 5.93.